The van der Waals surface area contributed by atoms with Crippen molar-refractivity contribution in [1.82, 2.24) is 5.43 Å². The molecular weight excluding hydrogens is 232 g/mol. The molecule has 0 heterocycles. The monoisotopic (exact) mass is 256 g/mol. The van der Waals surface area contributed by atoms with Crippen molar-refractivity contribution < 1.29 is 0 Å². The molecule has 1 aromatic rings. The Balaban J connectivity index is 1.49. The van der Waals surface area contributed by atoms with Crippen molar-refractivity contribution in [3.05, 3.63) is 35.4 Å². The fourth-order valence-electron chi connectivity index (χ4n) is 4.26. The van der Waals surface area contributed by atoms with Crippen LogP contribution in [0.2, 0.25) is 0 Å². The maximum atomic E-state index is 5.83. The van der Waals surface area contributed by atoms with Gasteiger partial charge in [-0.15, -0.1) is 0 Å². The molecule has 1 aromatic carbocycles. The second-order valence-electron chi connectivity index (χ2n) is 6.93. The Hall–Kier alpha value is -0.860. The van der Waals surface area contributed by atoms with E-state index in [4.69, 9.17) is 5.84 Å². The minimum absolute atomic E-state index is 0.364. The van der Waals surface area contributed by atoms with E-state index in [1.54, 1.807) is 0 Å². The quantitative estimate of drug-likeness (QED) is 0.639. The molecule has 0 spiro atoms. The SMILES string of the molecule is NNC(c1ccc(C2CCC2)cc1)C1CC2CC2C1. The van der Waals surface area contributed by atoms with Gasteiger partial charge in [-0.2, -0.15) is 0 Å². The standard InChI is InChI=1S/C17H24N2/c18-19-17(16-9-14-8-15(14)10-16)13-6-4-12(5-7-13)11-2-1-3-11/h4-7,11,14-17,19H,1-3,8-10,18H2. The summed E-state index contributed by atoms with van der Waals surface area (Å²) >= 11 is 0. The molecule has 0 bridgehead atoms. The van der Waals surface area contributed by atoms with Crippen LogP contribution in [0.15, 0.2) is 24.3 Å². The summed E-state index contributed by atoms with van der Waals surface area (Å²) in [4.78, 5) is 0. The van der Waals surface area contributed by atoms with Gasteiger partial charge < -0.3 is 0 Å². The lowest BCUT2D eigenvalue weighted by Gasteiger charge is -2.28. The van der Waals surface area contributed by atoms with E-state index in [-0.39, 0.29) is 0 Å². The van der Waals surface area contributed by atoms with Crippen LogP contribution in [0, 0.1) is 17.8 Å². The minimum Gasteiger partial charge on any atom is -0.271 e. The van der Waals surface area contributed by atoms with E-state index in [0.29, 0.717) is 6.04 Å². The number of hydrazine groups is 1. The fourth-order valence-corrected chi connectivity index (χ4v) is 4.26. The smallest absolute Gasteiger partial charge is 0.0488 e. The fraction of sp³-hybridized carbons (Fsp3) is 0.647. The number of hydrogen-bond donors (Lipinski definition) is 2. The lowest BCUT2D eigenvalue weighted by atomic mass is 9.79. The van der Waals surface area contributed by atoms with Crippen molar-refractivity contribution in [2.45, 2.75) is 50.5 Å². The van der Waals surface area contributed by atoms with Crippen molar-refractivity contribution in [2.75, 3.05) is 0 Å². The summed E-state index contributed by atoms with van der Waals surface area (Å²) in [6.07, 6.45) is 8.40. The lowest BCUT2D eigenvalue weighted by Crippen LogP contribution is -2.33. The first-order chi connectivity index (χ1) is 9.35. The molecule has 0 aromatic heterocycles. The van der Waals surface area contributed by atoms with Gasteiger partial charge in [0.05, 0.1) is 0 Å². The molecule has 4 rings (SSSR count). The lowest BCUT2D eigenvalue weighted by molar-refractivity contribution is 0.345. The average Bonchev–Trinajstić information content (AvgIpc) is 2.98. The Morgan fingerprint density at radius 1 is 1.00 bits per heavy atom. The number of rotatable bonds is 4. The van der Waals surface area contributed by atoms with Gasteiger partial charge >= 0.3 is 0 Å². The van der Waals surface area contributed by atoms with Crippen molar-refractivity contribution in [1.29, 1.82) is 0 Å². The zero-order valence-corrected chi connectivity index (χ0v) is 11.5. The van der Waals surface area contributed by atoms with Gasteiger partial charge in [-0.3, -0.25) is 11.3 Å². The molecule has 3 N–H and O–H groups in total. The summed E-state index contributed by atoms with van der Waals surface area (Å²) in [7, 11) is 0. The first-order valence-corrected chi connectivity index (χ1v) is 7.91. The summed E-state index contributed by atoms with van der Waals surface area (Å²) in [5.74, 6) is 9.46. The Kier molecular flexibility index (Phi) is 2.89. The van der Waals surface area contributed by atoms with Gasteiger partial charge in [0.2, 0.25) is 0 Å². The van der Waals surface area contributed by atoms with E-state index in [9.17, 15) is 0 Å². The number of hydrogen-bond acceptors (Lipinski definition) is 2. The van der Waals surface area contributed by atoms with Gasteiger partial charge in [0.15, 0.2) is 0 Å². The van der Waals surface area contributed by atoms with E-state index in [2.05, 4.69) is 29.7 Å². The van der Waals surface area contributed by atoms with Crippen LogP contribution >= 0.6 is 0 Å². The van der Waals surface area contributed by atoms with Gasteiger partial charge in [-0.1, -0.05) is 30.7 Å². The Morgan fingerprint density at radius 2 is 1.68 bits per heavy atom. The van der Waals surface area contributed by atoms with Crippen molar-refractivity contribution >= 4 is 0 Å². The second kappa shape index (κ2) is 4.60. The van der Waals surface area contributed by atoms with Crippen LogP contribution in [0.3, 0.4) is 0 Å². The van der Waals surface area contributed by atoms with E-state index in [1.165, 1.54) is 49.7 Å². The maximum Gasteiger partial charge on any atom is 0.0488 e. The van der Waals surface area contributed by atoms with Crippen molar-refractivity contribution in [3.8, 4) is 0 Å². The highest BCUT2D eigenvalue weighted by Gasteiger charge is 2.47. The predicted octanol–water partition coefficient (Wildman–Crippen LogP) is 3.50. The van der Waals surface area contributed by atoms with Crippen LogP contribution in [0.1, 0.15) is 61.6 Å². The molecule has 3 unspecified atom stereocenters. The molecule has 2 heteroatoms. The van der Waals surface area contributed by atoms with Gasteiger partial charge in [-0.25, -0.2) is 0 Å². The number of benzene rings is 1. The van der Waals surface area contributed by atoms with E-state index in [1.807, 2.05) is 0 Å². The maximum absolute atomic E-state index is 5.83. The second-order valence-corrected chi connectivity index (χ2v) is 6.93. The molecule has 0 saturated heterocycles. The Bertz CT molecular complexity index is 439. The molecule has 3 saturated carbocycles. The van der Waals surface area contributed by atoms with Gasteiger partial charge in [0.25, 0.3) is 0 Å². The predicted molar refractivity (Wildman–Crippen MR) is 77.4 cm³/mol. The summed E-state index contributed by atoms with van der Waals surface area (Å²) in [6.45, 7) is 0. The third-order valence-corrected chi connectivity index (χ3v) is 5.80. The van der Waals surface area contributed by atoms with E-state index >= 15 is 0 Å². The van der Waals surface area contributed by atoms with Crippen LogP contribution in [0.4, 0.5) is 0 Å². The Labute approximate surface area is 115 Å². The van der Waals surface area contributed by atoms with Crippen molar-refractivity contribution in [3.63, 3.8) is 0 Å². The molecular formula is C17H24N2. The van der Waals surface area contributed by atoms with E-state index < -0.39 is 0 Å². The highest BCUT2D eigenvalue weighted by atomic mass is 15.2. The normalized spacial score (nSPS) is 34.7. The molecule has 3 atom stereocenters. The number of fused-ring (bicyclic) bond motifs is 1. The number of nitrogens with two attached hydrogens (primary N) is 1. The van der Waals surface area contributed by atoms with E-state index in [0.717, 1.165) is 23.7 Å². The summed E-state index contributed by atoms with van der Waals surface area (Å²) in [5.41, 5.74) is 5.99. The van der Waals surface area contributed by atoms with Gasteiger partial charge in [-0.05, 0) is 66.9 Å². The van der Waals surface area contributed by atoms with Crippen molar-refractivity contribution in [2.24, 2.45) is 23.6 Å². The Morgan fingerprint density at radius 3 is 2.21 bits per heavy atom. The minimum atomic E-state index is 0.364. The molecule has 3 aliphatic carbocycles. The van der Waals surface area contributed by atoms with Gasteiger partial charge in [0.1, 0.15) is 0 Å². The molecule has 2 nitrogen and oxygen atoms in total. The number of nitrogens with one attached hydrogen (secondary N) is 1. The summed E-state index contributed by atoms with van der Waals surface area (Å²) in [5, 5.41) is 0. The van der Waals surface area contributed by atoms with Gasteiger partial charge in [0, 0.05) is 6.04 Å². The molecule has 0 radical (unpaired) electrons. The highest BCUT2D eigenvalue weighted by molar-refractivity contribution is 5.29. The first kappa shape index (κ1) is 11.9. The average molecular weight is 256 g/mol. The van der Waals surface area contributed by atoms with Crippen LogP contribution in [-0.2, 0) is 0 Å². The molecule has 19 heavy (non-hydrogen) atoms. The third kappa shape index (κ3) is 2.11. The molecule has 0 amide bonds. The van der Waals surface area contributed by atoms with Crippen LogP contribution in [0.5, 0.6) is 0 Å². The zero-order valence-electron chi connectivity index (χ0n) is 11.5. The van der Waals surface area contributed by atoms with Crippen LogP contribution < -0.4 is 11.3 Å². The highest BCUT2D eigenvalue weighted by Crippen LogP contribution is 2.57. The largest absolute Gasteiger partial charge is 0.271 e. The first-order valence-electron chi connectivity index (χ1n) is 7.91. The molecule has 3 fully saturated rings. The molecule has 3 aliphatic rings. The summed E-state index contributed by atoms with van der Waals surface area (Å²) < 4.78 is 0. The summed E-state index contributed by atoms with van der Waals surface area (Å²) in [6, 6.07) is 9.64. The zero-order chi connectivity index (χ0) is 12.8. The molecule has 0 aliphatic heterocycles. The third-order valence-electron chi connectivity index (χ3n) is 5.80. The van der Waals surface area contributed by atoms with Crippen LogP contribution in [0.25, 0.3) is 0 Å². The van der Waals surface area contributed by atoms with Crippen LogP contribution in [-0.4, -0.2) is 0 Å². The molecule has 102 valence electrons. The topological polar surface area (TPSA) is 38.0 Å².